The molecule has 2 aromatic heterocycles. The van der Waals surface area contributed by atoms with Gasteiger partial charge in [0.25, 0.3) is 5.56 Å². The summed E-state index contributed by atoms with van der Waals surface area (Å²) in [4.78, 5) is 20.0. The molecule has 0 saturated carbocycles. The van der Waals surface area contributed by atoms with E-state index in [0.717, 1.165) is 58.4 Å². The van der Waals surface area contributed by atoms with Gasteiger partial charge in [-0.2, -0.15) is 0 Å². The lowest BCUT2D eigenvalue weighted by molar-refractivity contribution is 0.585. The second kappa shape index (κ2) is 9.41. The van der Waals surface area contributed by atoms with E-state index in [2.05, 4.69) is 96.6 Å². The fourth-order valence-electron chi connectivity index (χ4n) is 6.00. The van der Waals surface area contributed by atoms with E-state index in [-0.39, 0.29) is 11.6 Å². The number of fused-ring (bicyclic) bond motifs is 4. The van der Waals surface area contributed by atoms with Gasteiger partial charge in [0.1, 0.15) is 0 Å². The van der Waals surface area contributed by atoms with Crippen molar-refractivity contribution in [2.75, 3.05) is 0 Å². The summed E-state index contributed by atoms with van der Waals surface area (Å²) in [6, 6.07) is 27.4. The predicted octanol–water partition coefficient (Wildman–Crippen LogP) is 6.07. The Morgan fingerprint density at radius 1 is 0.974 bits per heavy atom. The first-order valence-electron chi connectivity index (χ1n) is 13.5. The van der Waals surface area contributed by atoms with Crippen molar-refractivity contribution in [3.63, 3.8) is 0 Å². The lowest BCUT2D eigenvalue weighted by atomic mass is 9.83. The van der Waals surface area contributed by atoms with Gasteiger partial charge >= 0.3 is 0 Å². The summed E-state index contributed by atoms with van der Waals surface area (Å²) >= 11 is 1.51. The molecule has 38 heavy (non-hydrogen) atoms. The summed E-state index contributed by atoms with van der Waals surface area (Å²) in [6.07, 6.45) is 8.43. The molecule has 7 rings (SSSR count). The number of hydrogen-bond donors (Lipinski definition) is 0. The van der Waals surface area contributed by atoms with Crippen LogP contribution in [0.3, 0.4) is 0 Å². The number of aryl methyl sites for hydroxylation is 2. The molecule has 0 saturated heterocycles. The molecule has 5 aromatic rings. The van der Waals surface area contributed by atoms with Crippen LogP contribution in [0.4, 0.5) is 0 Å². The molecule has 2 aliphatic rings. The Kier molecular flexibility index (Phi) is 5.74. The van der Waals surface area contributed by atoms with E-state index >= 15 is 0 Å². The standard InChI is InChI=1S/C33H29N3OS/c1-2-3-19-35-21-24(25-14-9-10-16-28(25)35)20-29-32(37)36-31(23-12-5-4-6-13-23)27-18-17-22-11-7-8-15-26(22)30(27)34-33(36)38-29/h4-16,20-21,31H,2-3,17-19H2,1H3/b29-20-. The second-order valence-corrected chi connectivity index (χ2v) is 11.2. The largest absolute Gasteiger partial charge is 0.347 e. The maximum atomic E-state index is 14.1. The molecule has 1 atom stereocenters. The maximum absolute atomic E-state index is 14.1. The Hall–Kier alpha value is -3.96. The number of benzene rings is 3. The van der Waals surface area contributed by atoms with E-state index in [4.69, 9.17) is 4.99 Å². The summed E-state index contributed by atoms with van der Waals surface area (Å²) in [5.41, 5.74) is 8.31. The molecule has 0 radical (unpaired) electrons. The normalized spacial score (nSPS) is 16.8. The molecule has 1 aliphatic carbocycles. The predicted molar refractivity (Wildman–Crippen MR) is 156 cm³/mol. The minimum Gasteiger partial charge on any atom is -0.347 e. The Morgan fingerprint density at radius 3 is 2.63 bits per heavy atom. The molecule has 4 nitrogen and oxygen atoms in total. The fraction of sp³-hybridized carbons (Fsp3) is 0.212. The van der Waals surface area contributed by atoms with Gasteiger partial charge in [-0.3, -0.25) is 9.36 Å². The lowest BCUT2D eigenvalue weighted by Gasteiger charge is -2.30. The first kappa shape index (κ1) is 23.2. The van der Waals surface area contributed by atoms with E-state index in [0.29, 0.717) is 0 Å². The number of nitrogens with zero attached hydrogens (tertiary/aromatic N) is 3. The second-order valence-electron chi connectivity index (χ2n) is 10.2. The smallest absolute Gasteiger partial charge is 0.271 e. The van der Waals surface area contributed by atoms with Crippen molar-refractivity contribution in [1.29, 1.82) is 0 Å². The fourth-order valence-corrected chi connectivity index (χ4v) is 6.99. The number of unbranched alkanes of at least 4 members (excludes halogenated alkanes) is 1. The Morgan fingerprint density at radius 2 is 1.76 bits per heavy atom. The number of rotatable bonds is 5. The van der Waals surface area contributed by atoms with Crippen molar-refractivity contribution in [3.05, 3.63) is 133 Å². The third-order valence-corrected chi connectivity index (χ3v) is 8.83. The van der Waals surface area contributed by atoms with Crippen molar-refractivity contribution in [2.45, 2.75) is 45.2 Å². The molecule has 0 bridgehead atoms. The summed E-state index contributed by atoms with van der Waals surface area (Å²) < 4.78 is 5.00. The molecule has 0 amide bonds. The van der Waals surface area contributed by atoms with Crippen molar-refractivity contribution >= 4 is 34.0 Å². The Labute approximate surface area is 225 Å². The van der Waals surface area contributed by atoms with Gasteiger partial charge in [-0.05, 0) is 48.1 Å². The molecule has 1 unspecified atom stereocenters. The molecular formula is C33H29N3OS. The molecule has 5 heteroatoms. The van der Waals surface area contributed by atoms with Crippen LogP contribution in [-0.4, -0.2) is 9.13 Å². The third kappa shape index (κ3) is 3.72. The van der Waals surface area contributed by atoms with Crippen LogP contribution in [0.5, 0.6) is 0 Å². The van der Waals surface area contributed by atoms with E-state index in [1.165, 1.54) is 38.9 Å². The summed E-state index contributed by atoms with van der Waals surface area (Å²) in [7, 11) is 0. The molecule has 0 N–H and O–H groups in total. The van der Waals surface area contributed by atoms with Gasteiger partial charge < -0.3 is 4.57 Å². The highest BCUT2D eigenvalue weighted by atomic mass is 32.1. The first-order chi connectivity index (χ1) is 18.7. The topological polar surface area (TPSA) is 39.3 Å². The summed E-state index contributed by atoms with van der Waals surface area (Å²) in [5, 5.41) is 1.18. The molecule has 3 aromatic carbocycles. The molecule has 188 valence electrons. The number of thiazole rings is 1. The SMILES string of the molecule is CCCCn1cc(/C=c2\sc3n(c2=O)C(c2ccccc2)C2=C(N=3)c3ccccc3CC2)c2ccccc21. The molecule has 0 fully saturated rings. The van der Waals surface area contributed by atoms with Crippen LogP contribution in [0, 0.1) is 0 Å². The van der Waals surface area contributed by atoms with Gasteiger partial charge in [0.15, 0.2) is 4.80 Å². The number of para-hydroxylation sites is 1. The zero-order valence-electron chi connectivity index (χ0n) is 21.4. The van der Waals surface area contributed by atoms with Gasteiger partial charge in [0, 0.05) is 34.8 Å². The van der Waals surface area contributed by atoms with Crippen molar-refractivity contribution in [3.8, 4) is 0 Å². The van der Waals surface area contributed by atoms with Crippen LogP contribution in [0.15, 0.2) is 100 Å². The third-order valence-electron chi connectivity index (χ3n) is 7.85. The average Bonchev–Trinajstić information content (AvgIpc) is 3.47. The van der Waals surface area contributed by atoms with Gasteiger partial charge in [-0.25, -0.2) is 4.99 Å². The van der Waals surface area contributed by atoms with Crippen LogP contribution in [0.2, 0.25) is 0 Å². The number of allylic oxidation sites excluding steroid dienone is 1. The van der Waals surface area contributed by atoms with Gasteiger partial charge in [0.05, 0.1) is 16.3 Å². The zero-order valence-corrected chi connectivity index (χ0v) is 22.2. The Balaban J connectivity index is 1.46. The first-order valence-corrected chi connectivity index (χ1v) is 14.3. The number of aromatic nitrogens is 2. The lowest BCUT2D eigenvalue weighted by Crippen LogP contribution is -2.38. The molecule has 3 heterocycles. The highest BCUT2D eigenvalue weighted by Gasteiger charge is 2.32. The molecule has 0 spiro atoms. The maximum Gasteiger partial charge on any atom is 0.271 e. The minimum atomic E-state index is -0.135. The van der Waals surface area contributed by atoms with Gasteiger partial charge in [-0.1, -0.05) is 97.5 Å². The van der Waals surface area contributed by atoms with E-state index in [9.17, 15) is 4.79 Å². The number of hydrogen-bond acceptors (Lipinski definition) is 3. The molecule has 1 aliphatic heterocycles. The van der Waals surface area contributed by atoms with Crippen LogP contribution in [0.1, 0.15) is 54.5 Å². The summed E-state index contributed by atoms with van der Waals surface area (Å²) in [6.45, 7) is 3.20. The monoisotopic (exact) mass is 515 g/mol. The van der Waals surface area contributed by atoms with Crippen LogP contribution in [0.25, 0.3) is 22.7 Å². The van der Waals surface area contributed by atoms with E-state index in [1.54, 1.807) is 0 Å². The zero-order chi connectivity index (χ0) is 25.6. The van der Waals surface area contributed by atoms with E-state index in [1.807, 2.05) is 10.6 Å². The summed E-state index contributed by atoms with van der Waals surface area (Å²) in [5.74, 6) is 0. The van der Waals surface area contributed by atoms with E-state index < -0.39 is 0 Å². The minimum absolute atomic E-state index is 0.0402. The van der Waals surface area contributed by atoms with Crippen LogP contribution >= 0.6 is 11.3 Å². The van der Waals surface area contributed by atoms with Crippen molar-refractivity contribution < 1.29 is 0 Å². The van der Waals surface area contributed by atoms with Crippen molar-refractivity contribution in [1.82, 2.24) is 9.13 Å². The van der Waals surface area contributed by atoms with Gasteiger partial charge in [-0.15, -0.1) is 0 Å². The highest BCUT2D eigenvalue weighted by Crippen LogP contribution is 2.41. The van der Waals surface area contributed by atoms with Gasteiger partial charge in [0.2, 0.25) is 0 Å². The molecular weight excluding hydrogens is 486 g/mol. The van der Waals surface area contributed by atoms with Crippen molar-refractivity contribution in [2.24, 2.45) is 4.99 Å². The highest BCUT2D eigenvalue weighted by molar-refractivity contribution is 7.07. The van der Waals surface area contributed by atoms with Crippen LogP contribution < -0.4 is 14.9 Å². The average molecular weight is 516 g/mol. The Bertz CT molecular complexity index is 1890. The van der Waals surface area contributed by atoms with Crippen LogP contribution in [-0.2, 0) is 13.0 Å². The quantitative estimate of drug-likeness (QED) is 0.280.